The van der Waals surface area contributed by atoms with E-state index in [2.05, 4.69) is 5.32 Å². The molecule has 1 aliphatic heterocycles. The maximum atomic E-state index is 14.2. The van der Waals surface area contributed by atoms with E-state index in [9.17, 15) is 9.59 Å². The molecule has 0 unspecified atom stereocenters. The Labute approximate surface area is 265 Å². The zero-order valence-corrected chi connectivity index (χ0v) is 26.6. The monoisotopic (exact) mass is 611 g/mol. The van der Waals surface area contributed by atoms with Gasteiger partial charge in [-0.05, 0) is 62.4 Å². The number of Topliss-reactive ketones (excluding diaryl/α,β-unsaturated/α-hetero) is 1. The molecule has 0 aromatic heterocycles. The van der Waals surface area contributed by atoms with Crippen molar-refractivity contribution >= 4 is 11.8 Å². The summed E-state index contributed by atoms with van der Waals surface area (Å²) in [6.45, 7) is 6.45. The second-order valence-corrected chi connectivity index (χ2v) is 11.5. The quantitative estimate of drug-likeness (QED) is 0.181. The van der Waals surface area contributed by atoms with E-state index < -0.39 is 11.9 Å². The van der Waals surface area contributed by atoms with E-state index in [0.717, 1.165) is 22.4 Å². The van der Waals surface area contributed by atoms with Crippen LogP contribution in [0.4, 0.5) is 0 Å². The normalized spacial score (nSPS) is 18.0. The highest BCUT2D eigenvalue weighted by Gasteiger charge is 2.42. The minimum atomic E-state index is -0.661. The summed E-state index contributed by atoms with van der Waals surface area (Å²) < 4.78 is 28.6. The van der Waals surface area contributed by atoms with E-state index in [1.807, 2.05) is 93.6 Å². The van der Waals surface area contributed by atoms with Crippen molar-refractivity contribution in [2.75, 3.05) is 27.4 Å². The first kappa shape index (κ1) is 31.9. The van der Waals surface area contributed by atoms with Crippen LogP contribution in [-0.2, 0) is 25.7 Å². The van der Waals surface area contributed by atoms with Gasteiger partial charge in [-0.2, -0.15) is 0 Å². The van der Waals surface area contributed by atoms with Crippen molar-refractivity contribution in [3.8, 4) is 17.2 Å². The van der Waals surface area contributed by atoms with Gasteiger partial charge in [-0.25, -0.2) is 4.79 Å². The van der Waals surface area contributed by atoms with Crippen LogP contribution in [-0.4, -0.2) is 45.3 Å². The van der Waals surface area contributed by atoms with Gasteiger partial charge in [-0.3, -0.25) is 4.79 Å². The van der Waals surface area contributed by atoms with Gasteiger partial charge in [-0.1, -0.05) is 54.6 Å². The topological polar surface area (TPSA) is 92.3 Å². The summed E-state index contributed by atoms with van der Waals surface area (Å²) in [6, 6.07) is 23.3. The predicted molar refractivity (Wildman–Crippen MR) is 171 cm³/mol. The zero-order chi connectivity index (χ0) is 31.9. The molecule has 0 saturated heterocycles. The van der Waals surface area contributed by atoms with Crippen LogP contribution in [0.25, 0.3) is 0 Å². The van der Waals surface area contributed by atoms with Crippen molar-refractivity contribution in [3.63, 3.8) is 0 Å². The summed E-state index contributed by atoms with van der Waals surface area (Å²) in [5.41, 5.74) is 5.14. The van der Waals surface area contributed by atoms with Crippen LogP contribution in [0.15, 0.2) is 95.3 Å². The number of ether oxygens (including phenoxy) is 5. The standard InChI is InChI=1S/C37H41NO7/c1-23(2)43-17-18-44-37(40)34-24(3)38-29-19-27(26-15-16-32(41-4)33(21-26)42-5)20-30(39)36(29)35(34)28-13-9-10-14-31(28)45-22-25-11-7-6-8-12-25/h6-16,21,23,27,35,38H,17-20,22H2,1-5H3/t27-,35-/m0/s1. The number of methoxy groups -OCH3 is 2. The van der Waals surface area contributed by atoms with Crippen molar-refractivity contribution < 1.29 is 33.3 Å². The van der Waals surface area contributed by atoms with Gasteiger partial charge in [0, 0.05) is 29.0 Å². The van der Waals surface area contributed by atoms with E-state index >= 15 is 0 Å². The molecule has 1 aliphatic carbocycles. The molecule has 0 saturated carbocycles. The third-order valence-electron chi connectivity index (χ3n) is 8.16. The van der Waals surface area contributed by atoms with E-state index in [-0.39, 0.29) is 37.4 Å². The number of benzene rings is 3. The molecule has 0 fully saturated rings. The van der Waals surface area contributed by atoms with Gasteiger partial charge >= 0.3 is 5.97 Å². The third-order valence-corrected chi connectivity index (χ3v) is 8.16. The molecular formula is C37H41NO7. The van der Waals surface area contributed by atoms with Crippen LogP contribution in [0.1, 0.15) is 62.1 Å². The number of allylic oxidation sites excluding steroid dienone is 3. The predicted octanol–water partition coefficient (Wildman–Crippen LogP) is 6.61. The van der Waals surface area contributed by atoms with Crippen molar-refractivity contribution in [3.05, 3.63) is 112 Å². The first-order chi connectivity index (χ1) is 21.8. The van der Waals surface area contributed by atoms with Gasteiger partial charge in [0.25, 0.3) is 0 Å². The smallest absolute Gasteiger partial charge is 0.336 e. The Kier molecular flexibility index (Phi) is 10.2. The Morgan fingerprint density at radius 1 is 0.889 bits per heavy atom. The fourth-order valence-corrected chi connectivity index (χ4v) is 6.04. The Morgan fingerprint density at radius 2 is 1.62 bits per heavy atom. The van der Waals surface area contributed by atoms with Gasteiger partial charge in [0.15, 0.2) is 17.3 Å². The van der Waals surface area contributed by atoms with Gasteiger partial charge in [0.1, 0.15) is 19.0 Å². The molecule has 5 rings (SSSR count). The summed E-state index contributed by atoms with van der Waals surface area (Å²) in [4.78, 5) is 27.9. The number of nitrogens with one attached hydrogen (secondary N) is 1. The average molecular weight is 612 g/mol. The molecule has 8 heteroatoms. The Bertz CT molecular complexity index is 1590. The molecule has 8 nitrogen and oxygen atoms in total. The molecule has 236 valence electrons. The number of hydrogen-bond acceptors (Lipinski definition) is 8. The third kappa shape index (κ3) is 7.23. The Balaban J connectivity index is 1.52. The molecule has 0 radical (unpaired) electrons. The molecule has 1 heterocycles. The minimum Gasteiger partial charge on any atom is -0.493 e. The van der Waals surface area contributed by atoms with Crippen LogP contribution in [0.2, 0.25) is 0 Å². The number of para-hydroxylation sites is 1. The fourth-order valence-electron chi connectivity index (χ4n) is 6.04. The van der Waals surface area contributed by atoms with Gasteiger partial charge in [-0.15, -0.1) is 0 Å². The molecule has 3 aromatic carbocycles. The molecule has 3 aromatic rings. The molecule has 0 spiro atoms. The first-order valence-corrected chi connectivity index (χ1v) is 15.3. The number of ketones is 1. The zero-order valence-electron chi connectivity index (χ0n) is 26.6. The summed E-state index contributed by atoms with van der Waals surface area (Å²) >= 11 is 0. The number of dihydropyridines is 1. The van der Waals surface area contributed by atoms with Crippen LogP contribution < -0.4 is 19.5 Å². The largest absolute Gasteiger partial charge is 0.493 e. The van der Waals surface area contributed by atoms with Crippen molar-refractivity contribution in [1.82, 2.24) is 5.32 Å². The molecule has 2 aliphatic rings. The number of carbonyl (C=O) groups is 2. The van der Waals surface area contributed by atoms with Crippen LogP contribution in [0.5, 0.6) is 17.2 Å². The SMILES string of the molecule is COc1ccc([C@@H]2CC(=O)C3=C(C2)NC(C)=C(C(=O)OCCOC(C)C)[C@@H]3c2ccccc2OCc2ccccc2)cc1OC. The molecule has 2 atom stereocenters. The van der Waals surface area contributed by atoms with Crippen molar-refractivity contribution in [2.45, 2.75) is 58.2 Å². The average Bonchev–Trinajstić information content (AvgIpc) is 3.05. The van der Waals surface area contributed by atoms with Crippen LogP contribution >= 0.6 is 0 Å². The second-order valence-electron chi connectivity index (χ2n) is 11.5. The number of carbonyl (C=O) groups excluding carboxylic acids is 2. The summed E-state index contributed by atoms with van der Waals surface area (Å²) in [5, 5.41) is 3.43. The van der Waals surface area contributed by atoms with Crippen molar-refractivity contribution in [1.29, 1.82) is 0 Å². The lowest BCUT2D eigenvalue weighted by Crippen LogP contribution is -2.36. The van der Waals surface area contributed by atoms with Gasteiger partial charge in [0.05, 0.1) is 38.4 Å². The Morgan fingerprint density at radius 3 is 2.36 bits per heavy atom. The maximum Gasteiger partial charge on any atom is 0.336 e. The molecule has 0 amide bonds. The molecule has 1 N–H and O–H groups in total. The molecule has 0 bridgehead atoms. The van der Waals surface area contributed by atoms with E-state index in [1.165, 1.54) is 0 Å². The second kappa shape index (κ2) is 14.5. The highest BCUT2D eigenvalue weighted by atomic mass is 16.6. The molecule has 45 heavy (non-hydrogen) atoms. The lowest BCUT2D eigenvalue weighted by molar-refractivity contribution is -0.141. The van der Waals surface area contributed by atoms with Gasteiger partial charge < -0.3 is 29.0 Å². The van der Waals surface area contributed by atoms with E-state index in [4.69, 9.17) is 23.7 Å². The summed E-state index contributed by atoms with van der Waals surface area (Å²) in [7, 11) is 3.20. The van der Waals surface area contributed by atoms with E-state index in [1.54, 1.807) is 14.2 Å². The molecular weight excluding hydrogens is 570 g/mol. The minimum absolute atomic E-state index is 0.0218. The summed E-state index contributed by atoms with van der Waals surface area (Å²) in [6.07, 6.45) is 0.888. The first-order valence-electron chi connectivity index (χ1n) is 15.3. The number of rotatable bonds is 12. The van der Waals surface area contributed by atoms with E-state index in [0.29, 0.717) is 47.1 Å². The summed E-state index contributed by atoms with van der Waals surface area (Å²) in [5.74, 6) is 0.588. The lowest BCUT2D eigenvalue weighted by Gasteiger charge is -2.37. The maximum absolute atomic E-state index is 14.2. The highest BCUT2D eigenvalue weighted by Crippen LogP contribution is 2.48. The van der Waals surface area contributed by atoms with Crippen LogP contribution in [0, 0.1) is 0 Å². The number of hydrogen-bond donors (Lipinski definition) is 1. The fraction of sp³-hybridized carbons (Fsp3) is 0.351. The highest BCUT2D eigenvalue weighted by molar-refractivity contribution is 6.04. The van der Waals surface area contributed by atoms with Crippen molar-refractivity contribution in [2.24, 2.45) is 0 Å². The Hall–Kier alpha value is -4.56. The number of esters is 1. The van der Waals surface area contributed by atoms with Gasteiger partial charge in [0.2, 0.25) is 0 Å². The van der Waals surface area contributed by atoms with Crippen LogP contribution in [0.3, 0.4) is 0 Å². The lowest BCUT2D eigenvalue weighted by atomic mass is 9.71.